The molecule has 8 heteroatoms. The Labute approximate surface area is 146 Å². The van der Waals surface area contributed by atoms with Gasteiger partial charge in [0.05, 0.1) is 5.39 Å². The third-order valence-electron chi connectivity index (χ3n) is 3.70. The Morgan fingerprint density at radius 1 is 1.00 bits per heavy atom. The van der Waals surface area contributed by atoms with Crippen molar-refractivity contribution in [3.63, 3.8) is 0 Å². The molecule has 0 aliphatic rings. The number of hydrogen-bond donors (Lipinski definition) is 1. The zero-order chi connectivity index (χ0) is 17.9. The zero-order valence-corrected chi connectivity index (χ0v) is 13.4. The van der Waals surface area contributed by atoms with Gasteiger partial charge in [-0.3, -0.25) is 4.79 Å². The summed E-state index contributed by atoms with van der Waals surface area (Å²) < 4.78 is 10.7. The van der Waals surface area contributed by atoms with Gasteiger partial charge in [0, 0.05) is 10.9 Å². The van der Waals surface area contributed by atoms with Gasteiger partial charge in [0.2, 0.25) is 5.89 Å². The van der Waals surface area contributed by atoms with E-state index in [2.05, 4.69) is 20.4 Å². The van der Waals surface area contributed by atoms with E-state index in [1.54, 1.807) is 24.3 Å². The van der Waals surface area contributed by atoms with E-state index in [0.717, 1.165) is 5.56 Å². The fourth-order valence-electron chi connectivity index (χ4n) is 2.48. The highest BCUT2D eigenvalue weighted by Crippen LogP contribution is 2.18. The van der Waals surface area contributed by atoms with Crippen LogP contribution < -0.4 is 5.56 Å². The smallest absolute Gasteiger partial charge is 0.359 e. The van der Waals surface area contributed by atoms with Crippen molar-refractivity contribution in [1.82, 2.24) is 20.4 Å². The van der Waals surface area contributed by atoms with E-state index in [1.165, 1.54) is 0 Å². The quantitative estimate of drug-likeness (QED) is 0.563. The first-order chi connectivity index (χ1) is 12.7. The van der Waals surface area contributed by atoms with Gasteiger partial charge in [-0.25, -0.2) is 9.89 Å². The van der Waals surface area contributed by atoms with E-state index >= 15 is 0 Å². The minimum absolute atomic E-state index is 0.0167. The van der Waals surface area contributed by atoms with Crippen LogP contribution in [0.15, 0.2) is 63.8 Å². The van der Waals surface area contributed by atoms with Gasteiger partial charge in [-0.2, -0.15) is 5.10 Å². The fraction of sp³-hybridized carbons (Fsp3) is 0.0556. The molecule has 1 N–H and O–H groups in total. The number of aromatic nitrogens is 4. The Kier molecular flexibility index (Phi) is 3.98. The molecule has 0 aliphatic heterocycles. The van der Waals surface area contributed by atoms with Crippen molar-refractivity contribution >= 4 is 16.7 Å². The van der Waals surface area contributed by atoms with Crippen molar-refractivity contribution in [3.05, 3.63) is 76.5 Å². The molecule has 26 heavy (non-hydrogen) atoms. The molecule has 8 nitrogen and oxygen atoms in total. The Balaban J connectivity index is 1.53. The summed E-state index contributed by atoms with van der Waals surface area (Å²) in [6.45, 7) is -0.201. The summed E-state index contributed by atoms with van der Waals surface area (Å²) in [5.74, 6) is -0.202. The summed E-state index contributed by atoms with van der Waals surface area (Å²) in [5.41, 5.74) is 0.412. The van der Waals surface area contributed by atoms with Crippen LogP contribution in [0.25, 0.3) is 22.2 Å². The molecular formula is C18H12N4O4. The molecule has 2 aromatic carbocycles. The summed E-state index contributed by atoms with van der Waals surface area (Å²) in [5, 5.41) is 14.6. The monoisotopic (exact) mass is 348 g/mol. The van der Waals surface area contributed by atoms with E-state index in [1.807, 2.05) is 30.3 Å². The van der Waals surface area contributed by atoms with E-state index in [-0.39, 0.29) is 23.8 Å². The first-order valence-electron chi connectivity index (χ1n) is 7.75. The second kappa shape index (κ2) is 6.60. The predicted molar refractivity (Wildman–Crippen MR) is 91.2 cm³/mol. The summed E-state index contributed by atoms with van der Waals surface area (Å²) >= 11 is 0. The molecule has 0 saturated heterocycles. The van der Waals surface area contributed by atoms with Gasteiger partial charge < -0.3 is 9.15 Å². The number of carbonyl (C=O) groups is 1. The van der Waals surface area contributed by atoms with E-state index in [0.29, 0.717) is 16.7 Å². The standard InChI is InChI=1S/C18H12N4O4/c23-16-13-9-5-4-8-12(13)15(20-21-16)18(24)25-10-14-19-22-17(26-14)11-6-2-1-3-7-11/h1-9H,10H2,(H,21,23). The number of carbonyl (C=O) groups excluding carboxylic acids is 1. The minimum atomic E-state index is -0.697. The van der Waals surface area contributed by atoms with Gasteiger partial charge in [0.15, 0.2) is 12.3 Å². The van der Waals surface area contributed by atoms with Crippen molar-refractivity contribution in [2.75, 3.05) is 0 Å². The van der Waals surface area contributed by atoms with Gasteiger partial charge in [-0.05, 0) is 18.2 Å². The highest BCUT2D eigenvalue weighted by molar-refractivity contribution is 6.01. The molecule has 0 spiro atoms. The average molecular weight is 348 g/mol. The maximum Gasteiger partial charge on any atom is 0.359 e. The number of nitrogens with one attached hydrogen (secondary N) is 1. The molecule has 0 amide bonds. The van der Waals surface area contributed by atoms with Crippen LogP contribution in [0, 0.1) is 0 Å². The number of H-pyrrole nitrogens is 1. The second-order valence-electron chi connectivity index (χ2n) is 5.39. The lowest BCUT2D eigenvalue weighted by molar-refractivity contribution is 0.0433. The molecule has 2 heterocycles. The summed E-state index contributed by atoms with van der Waals surface area (Å²) in [4.78, 5) is 24.1. The van der Waals surface area contributed by atoms with Gasteiger partial charge >= 0.3 is 5.97 Å². The Morgan fingerprint density at radius 2 is 1.73 bits per heavy atom. The molecule has 0 unspecified atom stereocenters. The number of esters is 1. The molecule has 0 atom stereocenters. The van der Waals surface area contributed by atoms with Crippen molar-refractivity contribution in [3.8, 4) is 11.5 Å². The molecule has 0 saturated carbocycles. The van der Waals surface area contributed by atoms with E-state index < -0.39 is 5.97 Å². The highest BCUT2D eigenvalue weighted by atomic mass is 16.5. The van der Waals surface area contributed by atoms with Gasteiger partial charge in [0.25, 0.3) is 11.4 Å². The first-order valence-corrected chi connectivity index (χ1v) is 7.75. The number of hydrogen-bond acceptors (Lipinski definition) is 7. The molecular weight excluding hydrogens is 336 g/mol. The van der Waals surface area contributed by atoms with Crippen LogP contribution in [0.3, 0.4) is 0 Å². The number of aromatic amines is 1. The topological polar surface area (TPSA) is 111 Å². The fourth-order valence-corrected chi connectivity index (χ4v) is 2.48. The minimum Gasteiger partial charge on any atom is -0.451 e. The number of fused-ring (bicyclic) bond motifs is 1. The molecule has 128 valence electrons. The molecule has 0 aliphatic carbocycles. The van der Waals surface area contributed by atoms with Crippen molar-refractivity contribution in [1.29, 1.82) is 0 Å². The number of benzene rings is 2. The first kappa shape index (κ1) is 15.7. The van der Waals surface area contributed by atoms with Gasteiger partial charge in [-0.15, -0.1) is 10.2 Å². The Morgan fingerprint density at radius 3 is 2.54 bits per heavy atom. The molecule has 4 aromatic rings. The number of ether oxygens (including phenoxy) is 1. The Hall–Kier alpha value is -3.81. The van der Waals surface area contributed by atoms with Crippen LogP contribution in [-0.2, 0) is 11.3 Å². The number of nitrogens with zero attached hydrogens (tertiary/aromatic N) is 3. The van der Waals surface area contributed by atoms with Crippen molar-refractivity contribution < 1.29 is 13.9 Å². The molecule has 0 fully saturated rings. The average Bonchev–Trinajstić information content (AvgIpc) is 3.16. The van der Waals surface area contributed by atoms with Crippen LogP contribution in [0.2, 0.25) is 0 Å². The summed E-state index contributed by atoms with van der Waals surface area (Å²) in [6.07, 6.45) is 0. The van der Waals surface area contributed by atoms with Crippen LogP contribution in [0.5, 0.6) is 0 Å². The van der Waals surface area contributed by atoms with Gasteiger partial charge in [-0.1, -0.05) is 36.4 Å². The summed E-state index contributed by atoms with van der Waals surface area (Å²) in [7, 11) is 0. The normalized spacial score (nSPS) is 10.8. The highest BCUT2D eigenvalue weighted by Gasteiger charge is 2.17. The molecule has 0 bridgehead atoms. The predicted octanol–water partition coefficient (Wildman–Crippen LogP) is 2.33. The largest absolute Gasteiger partial charge is 0.451 e. The maximum absolute atomic E-state index is 12.3. The third kappa shape index (κ3) is 2.95. The molecule has 4 rings (SSSR count). The SMILES string of the molecule is O=C(OCc1nnc(-c2ccccc2)o1)c1n[nH]c(=O)c2ccccc12. The van der Waals surface area contributed by atoms with Crippen molar-refractivity contribution in [2.45, 2.75) is 6.61 Å². The lowest BCUT2D eigenvalue weighted by Crippen LogP contribution is -2.16. The second-order valence-corrected chi connectivity index (χ2v) is 5.39. The third-order valence-corrected chi connectivity index (χ3v) is 3.70. The molecule has 2 aromatic heterocycles. The zero-order valence-electron chi connectivity index (χ0n) is 13.4. The van der Waals surface area contributed by atoms with E-state index in [9.17, 15) is 9.59 Å². The van der Waals surface area contributed by atoms with Crippen LogP contribution in [0.1, 0.15) is 16.4 Å². The Bertz CT molecular complexity index is 1130. The number of rotatable bonds is 4. The van der Waals surface area contributed by atoms with Crippen LogP contribution in [0.4, 0.5) is 0 Å². The molecule has 0 radical (unpaired) electrons. The lowest BCUT2D eigenvalue weighted by Gasteiger charge is -2.04. The van der Waals surface area contributed by atoms with Crippen LogP contribution >= 0.6 is 0 Å². The maximum atomic E-state index is 12.3. The summed E-state index contributed by atoms with van der Waals surface area (Å²) in [6, 6.07) is 15.9. The van der Waals surface area contributed by atoms with Crippen molar-refractivity contribution in [2.24, 2.45) is 0 Å². The van der Waals surface area contributed by atoms with Gasteiger partial charge in [0.1, 0.15) is 0 Å². The lowest BCUT2D eigenvalue weighted by atomic mass is 10.1. The van der Waals surface area contributed by atoms with E-state index in [4.69, 9.17) is 9.15 Å². The van der Waals surface area contributed by atoms with Crippen LogP contribution in [-0.4, -0.2) is 26.4 Å².